The van der Waals surface area contributed by atoms with Crippen molar-refractivity contribution in [3.8, 4) is 5.75 Å². The maximum atomic E-state index is 13.1. The van der Waals surface area contributed by atoms with E-state index >= 15 is 0 Å². The van der Waals surface area contributed by atoms with E-state index in [1.54, 1.807) is 12.1 Å². The van der Waals surface area contributed by atoms with E-state index < -0.39 is 6.10 Å². The summed E-state index contributed by atoms with van der Waals surface area (Å²) in [4.78, 5) is 0. The Bertz CT molecular complexity index is 413. The fraction of sp³-hybridized carbons (Fsp3) is 0.625. The minimum atomic E-state index is -0.538. The molecule has 0 aliphatic heterocycles. The van der Waals surface area contributed by atoms with Crippen LogP contribution in [0.25, 0.3) is 0 Å². The fourth-order valence-electron chi connectivity index (χ4n) is 2.67. The first kappa shape index (κ1) is 15.3. The van der Waals surface area contributed by atoms with Crippen molar-refractivity contribution in [1.82, 2.24) is 5.32 Å². The van der Waals surface area contributed by atoms with Gasteiger partial charge in [-0.15, -0.1) is 0 Å². The highest BCUT2D eigenvalue weighted by molar-refractivity contribution is 5.23. The van der Waals surface area contributed by atoms with Crippen molar-refractivity contribution >= 4 is 0 Å². The van der Waals surface area contributed by atoms with E-state index in [2.05, 4.69) is 12.2 Å². The zero-order valence-corrected chi connectivity index (χ0v) is 12.0. The minimum Gasteiger partial charge on any atom is -0.488 e. The second-order valence-electron chi connectivity index (χ2n) is 5.45. The highest BCUT2D eigenvalue weighted by atomic mass is 19.1. The Morgan fingerprint density at radius 1 is 1.40 bits per heavy atom. The second kappa shape index (κ2) is 7.60. The molecule has 1 aromatic rings. The molecule has 20 heavy (non-hydrogen) atoms. The van der Waals surface area contributed by atoms with Gasteiger partial charge in [-0.3, -0.25) is 0 Å². The van der Waals surface area contributed by atoms with E-state index in [9.17, 15) is 9.50 Å². The summed E-state index contributed by atoms with van der Waals surface area (Å²) in [7, 11) is 0. The number of halogens is 1. The van der Waals surface area contributed by atoms with Crippen molar-refractivity contribution in [3.05, 3.63) is 30.1 Å². The largest absolute Gasteiger partial charge is 0.488 e. The third-order valence-electron chi connectivity index (χ3n) is 3.82. The van der Waals surface area contributed by atoms with Crippen molar-refractivity contribution in [1.29, 1.82) is 0 Å². The molecule has 1 aliphatic carbocycles. The van der Waals surface area contributed by atoms with Crippen LogP contribution in [0.4, 0.5) is 4.39 Å². The summed E-state index contributed by atoms with van der Waals surface area (Å²) >= 11 is 0. The van der Waals surface area contributed by atoms with Gasteiger partial charge in [0.05, 0.1) is 0 Å². The van der Waals surface area contributed by atoms with Gasteiger partial charge in [0.2, 0.25) is 0 Å². The topological polar surface area (TPSA) is 41.5 Å². The highest BCUT2D eigenvalue weighted by Crippen LogP contribution is 2.24. The number of aliphatic hydroxyl groups is 1. The molecule has 3 nitrogen and oxygen atoms in total. The first-order chi connectivity index (χ1) is 9.70. The van der Waals surface area contributed by atoms with E-state index in [1.807, 2.05) is 0 Å². The summed E-state index contributed by atoms with van der Waals surface area (Å²) in [5, 5.41) is 13.8. The summed E-state index contributed by atoms with van der Waals surface area (Å²) in [5.74, 6) is 0.175. The molecule has 0 amide bonds. The van der Waals surface area contributed by atoms with Gasteiger partial charge in [-0.25, -0.2) is 4.39 Å². The number of benzene rings is 1. The molecule has 1 aromatic carbocycles. The van der Waals surface area contributed by atoms with Crippen LogP contribution in [0.2, 0.25) is 0 Å². The van der Waals surface area contributed by atoms with Gasteiger partial charge >= 0.3 is 0 Å². The van der Waals surface area contributed by atoms with Crippen molar-refractivity contribution in [3.63, 3.8) is 0 Å². The van der Waals surface area contributed by atoms with Crippen molar-refractivity contribution in [2.75, 3.05) is 6.54 Å². The third kappa shape index (κ3) is 4.18. The maximum Gasteiger partial charge on any atom is 0.126 e. The molecule has 1 fully saturated rings. The van der Waals surface area contributed by atoms with Gasteiger partial charge in [0.25, 0.3) is 0 Å². The quantitative estimate of drug-likeness (QED) is 0.788. The van der Waals surface area contributed by atoms with Crippen LogP contribution < -0.4 is 10.1 Å². The van der Waals surface area contributed by atoms with Crippen LogP contribution in [0.5, 0.6) is 5.75 Å². The maximum absolute atomic E-state index is 13.1. The van der Waals surface area contributed by atoms with E-state index in [0.29, 0.717) is 5.75 Å². The standard InChI is InChI=1S/C16H24FNO2/c1-2-3-10-18-14-8-5-9-15(16(14)19)20-13-7-4-6-12(17)11-13/h4,6-7,11,14-16,18-19H,2-3,5,8-10H2,1H3/t14-,15+,16+/m0/s1. The lowest BCUT2D eigenvalue weighted by atomic mass is 9.89. The number of rotatable bonds is 6. The summed E-state index contributed by atoms with van der Waals surface area (Å²) in [5.41, 5.74) is 0. The van der Waals surface area contributed by atoms with Gasteiger partial charge in [0.15, 0.2) is 0 Å². The molecule has 0 saturated heterocycles. The lowest BCUT2D eigenvalue weighted by Gasteiger charge is -2.35. The SMILES string of the molecule is CCCCN[C@H]1CCC[C@@H](Oc2cccc(F)c2)[C@@H]1O. The smallest absolute Gasteiger partial charge is 0.126 e. The molecule has 0 aromatic heterocycles. The van der Waals surface area contributed by atoms with Gasteiger partial charge in [-0.2, -0.15) is 0 Å². The van der Waals surface area contributed by atoms with Crippen LogP contribution in [0.1, 0.15) is 39.0 Å². The summed E-state index contributed by atoms with van der Waals surface area (Å²) in [6, 6.07) is 6.18. The Labute approximate surface area is 120 Å². The molecule has 0 spiro atoms. The summed E-state index contributed by atoms with van der Waals surface area (Å²) in [6.07, 6.45) is 4.24. The molecule has 0 heterocycles. The molecule has 2 N–H and O–H groups in total. The number of nitrogens with one attached hydrogen (secondary N) is 1. The average molecular weight is 281 g/mol. The van der Waals surface area contributed by atoms with Crippen LogP contribution in [0, 0.1) is 5.82 Å². The zero-order valence-electron chi connectivity index (χ0n) is 12.0. The lowest BCUT2D eigenvalue weighted by Crippen LogP contribution is -2.51. The van der Waals surface area contributed by atoms with Crippen molar-refractivity contribution < 1.29 is 14.2 Å². The number of aliphatic hydroxyl groups excluding tert-OH is 1. The lowest BCUT2D eigenvalue weighted by molar-refractivity contribution is -0.0153. The molecule has 4 heteroatoms. The Hall–Kier alpha value is -1.13. The predicted octanol–water partition coefficient (Wildman–Crippen LogP) is 2.88. The van der Waals surface area contributed by atoms with Crippen molar-refractivity contribution in [2.24, 2.45) is 0 Å². The second-order valence-corrected chi connectivity index (χ2v) is 5.45. The van der Waals surface area contributed by atoms with E-state index in [4.69, 9.17) is 4.74 Å². The average Bonchev–Trinajstić information content (AvgIpc) is 2.43. The van der Waals surface area contributed by atoms with E-state index in [1.165, 1.54) is 12.1 Å². The monoisotopic (exact) mass is 281 g/mol. The van der Waals surface area contributed by atoms with E-state index in [0.717, 1.165) is 38.6 Å². The molecule has 0 unspecified atom stereocenters. The molecular weight excluding hydrogens is 257 g/mol. The van der Waals surface area contributed by atoms with E-state index in [-0.39, 0.29) is 18.0 Å². The molecule has 112 valence electrons. The van der Waals surface area contributed by atoms with Crippen LogP contribution in [0.15, 0.2) is 24.3 Å². The zero-order chi connectivity index (χ0) is 14.4. The molecule has 2 rings (SSSR count). The van der Waals surface area contributed by atoms with Gasteiger partial charge in [-0.05, 0) is 44.4 Å². The Morgan fingerprint density at radius 2 is 2.25 bits per heavy atom. The Kier molecular flexibility index (Phi) is 5.80. The molecule has 0 radical (unpaired) electrons. The van der Waals surface area contributed by atoms with Crippen LogP contribution in [0.3, 0.4) is 0 Å². The molecular formula is C16H24FNO2. The summed E-state index contributed by atoms with van der Waals surface area (Å²) < 4.78 is 18.9. The normalized spacial score (nSPS) is 26.4. The summed E-state index contributed by atoms with van der Waals surface area (Å²) in [6.45, 7) is 3.07. The van der Waals surface area contributed by atoms with Gasteiger partial charge in [0.1, 0.15) is 23.8 Å². The fourth-order valence-corrected chi connectivity index (χ4v) is 2.67. The molecule has 1 aliphatic rings. The third-order valence-corrected chi connectivity index (χ3v) is 3.82. The highest BCUT2D eigenvalue weighted by Gasteiger charge is 2.32. The first-order valence-corrected chi connectivity index (χ1v) is 7.54. The van der Waals surface area contributed by atoms with Gasteiger partial charge in [-0.1, -0.05) is 19.4 Å². The van der Waals surface area contributed by atoms with Crippen molar-refractivity contribution in [2.45, 2.75) is 57.3 Å². The number of unbranched alkanes of at least 4 members (excludes halogenated alkanes) is 1. The van der Waals surface area contributed by atoms with Gasteiger partial charge in [0, 0.05) is 12.1 Å². The first-order valence-electron chi connectivity index (χ1n) is 7.54. The Balaban J connectivity index is 1.90. The van der Waals surface area contributed by atoms with Crippen LogP contribution in [-0.2, 0) is 0 Å². The van der Waals surface area contributed by atoms with Crippen LogP contribution in [-0.4, -0.2) is 29.9 Å². The molecule has 0 bridgehead atoms. The van der Waals surface area contributed by atoms with Gasteiger partial charge < -0.3 is 15.2 Å². The minimum absolute atomic E-state index is 0.0776. The van der Waals surface area contributed by atoms with Crippen LogP contribution >= 0.6 is 0 Å². The molecule has 3 atom stereocenters. The number of hydrogen-bond donors (Lipinski definition) is 2. The number of hydrogen-bond acceptors (Lipinski definition) is 3. The number of ether oxygens (including phenoxy) is 1. The predicted molar refractivity (Wildman–Crippen MR) is 77.4 cm³/mol. The molecule has 1 saturated carbocycles. The Morgan fingerprint density at radius 3 is 3.00 bits per heavy atom.